The summed E-state index contributed by atoms with van der Waals surface area (Å²) in [6.45, 7) is 1.85. The molecule has 0 spiro atoms. The minimum atomic E-state index is 0.925. The molecule has 2 N–H and O–H groups in total. The number of hydrogen-bond donors (Lipinski definition) is 2. The highest BCUT2D eigenvalue weighted by Gasteiger charge is 2.13. The highest BCUT2D eigenvalue weighted by atomic mass is 15.0. The first-order chi connectivity index (χ1) is 6.95. The smallest absolute Gasteiger partial charge is 0.0658 e. The Bertz CT molecular complexity index is 389. The highest BCUT2D eigenvalue weighted by Crippen LogP contribution is 2.34. The number of benzene rings is 1. The number of anilines is 2. The molecule has 2 aliphatic rings. The van der Waals surface area contributed by atoms with Gasteiger partial charge >= 0.3 is 0 Å². The van der Waals surface area contributed by atoms with Crippen LogP contribution in [0.25, 0.3) is 12.2 Å². The van der Waals surface area contributed by atoms with Crippen LogP contribution in [0.4, 0.5) is 11.4 Å². The van der Waals surface area contributed by atoms with Gasteiger partial charge in [-0.3, -0.25) is 0 Å². The molecule has 0 aromatic heterocycles. The molecule has 14 heavy (non-hydrogen) atoms. The number of fused-ring (bicyclic) bond motifs is 3. The average molecular weight is 184 g/mol. The van der Waals surface area contributed by atoms with Gasteiger partial charge in [0.1, 0.15) is 0 Å². The molecular weight excluding hydrogens is 172 g/mol. The minimum absolute atomic E-state index is 0.925. The van der Waals surface area contributed by atoms with Gasteiger partial charge in [0.05, 0.1) is 11.4 Å². The maximum atomic E-state index is 3.41. The van der Waals surface area contributed by atoms with Crippen molar-refractivity contribution in [2.45, 2.75) is 0 Å². The molecule has 2 heteroatoms. The largest absolute Gasteiger partial charge is 0.379 e. The van der Waals surface area contributed by atoms with Crippen LogP contribution in [-0.2, 0) is 0 Å². The molecule has 0 fully saturated rings. The Morgan fingerprint density at radius 1 is 0.786 bits per heavy atom. The monoisotopic (exact) mass is 184 g/mol. The second-order valence-electron chi connectivity index (χ2n) is 3.56. The SMILES string of the molecule is C1=Cc2ccc3c(c2NC1)NCC=C3. The van der Waals surface area contributed by atoms with E-state index in [9.17, 15) is 0 Å². The van der Waals surface area contributed by atoms with Crippen molar-refractivity contribution in [1.29, 1.82) is 0 Å². The highest BCUT2D eigenvalue weighted by molar-refractivity contribution is 5.88. The molecular formula is C12H12N2. The van der Waals surface area contributed by atoms with Crippen molar-refractivity contribution in [3.63, 3.8) is 0 Å². The fourth-order valence-electron chi connectivity index (χ4n) is 1.99. The molecule has 2 nitrogen and oxygen atoms in total. The summed E-state index contributed by atoms with van der Waals surface area (Å²) in [7, 11) is 0. The van der Waals surface area contributed by atoms with Crippen LogP contribution in [0.3, 0.4) is 0 Å². The van der Waals surface area contributed by atoms with Crippen molar-refractivity contribution in [2.24, 2.45) is 0 Å². The Kier molecular flexibility index (Phi) is 1.60. The van der Waals surface area contributed by atoms with Crippen LogP contribution in [0.1, 0.15) is 11.1 Å². The van der Waals surface area contributed by atoms with E-state index in [-0.39, 0.29) is 0 Å². The summed E-state index contributed by atoms with van der Waals surface area (Å²) in [5.41, 5.74) is 5.04. The summed E-state index contributed by atoms with van der Waals surface area (Å²) < 4.78 is 0. The number of hydrogen-bond acceptors (Lipinski definition) is 2. The van der Waals surface area contributed by atoms with Crippen molar-refractivity contribution in [2.75, 3.05) is 23.7 Å². The molecule has 0 atom stereocenters. The van der Waals surface area contributed by atoms with Crippen molar-refractivity contribution < 1.29 is 0 Å². The second-order valence-corrected chi connectivity index (χ2v) is 3.56. The predicted molar refractivity (Wildman–Crippen MR) is 61.5 cm³/mol. The summed E-state index contributed by atoms with van der Waals surface area (Å²) in [6.07, 6.45) is 8.64. The topological polar surface area (TPSA) is 24.1 Å². The van der Waals surface area contributed by atoms with E-state index in [1.54, 1.807) is 0 Å². The van der Waals surface area contributed by atoms with Crippen LogP contribution < -0.4 is 10.6 Å². The van der Waals surface area contributed by atoms with Crippen LogP contribution in [0, 0.1) is 0 Å². The maximum Gasteiger partial charge on any atom is 0.0658 e. The van der Waals surface area contributed by atoms with Gasteiger partial charge in [0.25, 0.3) is 0 Å². The molecule has 0 aliphatic carbocycles. The van der Waals surface area contributed by atoms with E-state index < -0.39 is 0 Å². The van der Waals surface area contributed by atoms with Gasteiger partial charge in [0.2, 0.25) is 0 Å². The molecule has 0 amide bonds. The third kappa shape index (κ3) is 1.04. The number of rotatable bonds is 0. The molecule has 0 saturated carbocycles. The van der Waals surface area contributed by atoms with Gasteiger partial charge in [-0.1, -0.05) is 36.4 Å². The lowest BCUT2D eigenvalue weighted by atomic mass is 10.0. The average Bonchev–Trinajstić information content (AvgIpc) is 2.29. The van der Waals surface area contributed by atoms with E-state index in [1.165, 1.54) is 22.5 Å². The van der Waals surface area contributed by atoms with Gasteiger partial charge in [0, 0.05) is 13.1 Å². The molecule has 0 bridgehead atoms. The van der Waals surface area contributed by atoms with Gasteiger partial charge in [-0.2, -0.15) is 0 Å². The van der Waals surface area contributed by atoms with Crippen LogP contribution >= 0.6 is 0 Å². The molecule has 2 aliphatic heterocycles. The lowest BCUT2D eigenvalue weighted by Crippen LogP contribution is -2.12. The van der Waals surface area contributed by atoms with Gasteiger partial charge in [-0.25, -0.2) is 0 Å². The van der Waals surface area contributed by atoms with Gasteiger partial charge in [-0.05, 0) is 11.1 Å². The van der Waals surface area contributed by atoms with Crippen LogP contribution in [0.15, 0.2) is 24.3 Å². The van der Waals surface area contributed by atoms with Crippen molar-refractivity contribution >= 4 is 23.5 Å². The first kappa shape index (κ1) is 7.68. The predicted octanol–water partition coefficient (Wildman–Crippen LogP) is 2.56. The Labute approximate surface area is 83.3 Å². The maximum absolute atomic E-state index is 3.41. The van der Waals surface area contributed by atoms with Crippen LogP contribution in [0.2, 0.25) is 0 Å². The summed E-state index contributed by atoms with van der Waals surface area (Å²) in [6, 6.07) is 4.32. The molecule has 1 aromatic rings. The van der Waals surface area contributed by atoms with E-state index >= 15 is 0 Å². The molecule has 1 aromatic carbocycles. The zero-order chi connectivity index (χ0) is 9.38. The second kappa shape index (κ2) is 2.91. The van der Waals surface area contributed by atoms with E-state index in [4.69, 9.17) is 0 Å². The fourth-order valence-corrected chi connectivity index (χ4v) is 1.99. The van der Waals surface area contributed by atoms with E-state index in [0.29, 0.717) is 0 Å². The number of nitrogens with one attached hydrogen (secondary N) is 2. The zero-order valence-corrected chi connectivity index (χ0v) is 7.88. The first-order valence-electron chi connectivity index (χ1n) is 4.93. The first-order valence-corrected chi connectivity index (χ1v) is 4.93. The quantitative estimate of drug-likeness (QED) is 0.647. The Balaban J connectivity index is 2.23. The molecule has 0 saturated heterocycles. The molecule has 3 rings (SSSR count). The van der Waals surface area contributed by atoms with E-state index in [1.807, 2.05) is 0 Å². The van der Waals surface area contributed by atoms with Crippen molar-refractivity contribution in [1.82, 2.24) is 0 Å². The Morgan fingerprint density at radius 3 is 1.79 bits per heavy atom. The van der Waals surface area contributed by atoms with Crippen LogP contribution in [-0.4, -0.2) is 13.1 Å². The van der Waals surface area contributed by atoms with Gasteiger partial charge in [-0.15, -0.1) is 0 Å². The lowest BCUT2D eigenvalue weighted by Gasteiger charge is -2.22. The molecule has 0 unspecified atom stereocenters. The fraction of sp³-hybridized carbons (Fsp3) is 0.167. The molecule has 2 heterocycles. The summed E-state index contributed by atoms with van der Waals surface area (Å²) in [5.74, 6) is 0. The normalized spacial score (nSPS) is 16.6. The lowest BCUT2D eigenvalue weighted by molar-refractivity contribution is 1.26. The van der Waals surface area contributed by atoms with Crippen LogP contribution in [0.5, 0.6) is 0 Å². The zero-order valence-electron chi connectivity index (χ0n) is 7.88. The summed E-state index contributed by atoms with van der Waals surface area (Å²) in [5, 5.41) is 6.82. The summed E-state index contributed by atoms with van der Waals surface area (Å²) >= 11 is 0. The minimum Gasteiger partial charge on any atom is -0.379 e. The Hall–Kier alpha value is -1.70. The van der Waals surface area contributed by atoms with Crippen molar-refractivity contribution in [3.8, 4) is 0 Å². The van der Waals surface area contributed by atoms with E-state index in [0.717, 1.165) is 13.1 Å². The third-order valence-electron chi connectivity index (χ3n) is 2.66. The van der Waals surface area contributed by atoms with Crippen molar-refractivity contribution in [3.05, 3.63) is 35.4 Å². The van der Waals surface area contributed by atoms with Gasteiger partial charge < -0.3 is 10.6 Å². The van der Waals surface area contributed by atoms with Gasteiger partial charge in [0.15, 0.2) is 0 Å². The molecule has 70 valence electrons. The molecule has 0 radical (unpaired) electrons. The third-order valence-corrected chi connectivity index (χ3v) is 2.66. The van der Waals surface area contributed by atoms with E-state index in [2.05, 4.69) is 47.1 Å². The Morgan fingerprint density at radius 2 is 1.29 bits per heavy atom. The standard InChI is InChI=1S/C12H12N2/c1-3-9-5-6-10-4-2-8-14-12(10)11(9)13-7-1/h1-6,13-14H,7-8H2. The summed E-state index contributed by atoms with van der Waals surface area (Å²) in [4.78, 5) is 0.